The molecule has 1 heterocycles. The third-order valence-corrected chi connectivity index (χ3v) is 3.34. The fraction of sp³-hybridized carbons (Fsp3) is 0.467. The lowest BCUT2D eigenvalue weighted by Gasteiger charge is -2.12. The summed E-state index contributed by atoms with van der Waals surface area (Å²) in [6.45, 7) is 1.31. The molecule has 1 aliphatic rings. The number of guanidine groups is 1. The van der Waals surface area contributed by atoms with E-state index < -0.39 is 0 Å². The molecule has 2 rings (SSSR count). The number of hydrogen-bond acceptors (Lipinski definition) is 3. The quantitative estimate of drug-likeness (QED) is 0.573. The molecule has 0 radical (unpaired) electrons. The molecular weight excluding hydrogens is 268 g/mol. The number of anilines is 1. The molecule has 1 amide bonds. The average molecular weight is 290 g/mol. The molecule has 1 atom stereocenters. The third kappa shape index (κ3) is 4.46. The van der Waals surface area contributed by atoms with Gasteiger partial charge in [-0.05, 0) is 30.5 Å². The number of carbonyl (C=O) groups is 1. The van der Waals surface area contributed by atoms with E-state index in [1.807, 2.05) is 31.3 Å². The van der Waals surface area contributed by atoms with Crippen LogP contribution in [0.2, 0.25) is 0 Å². The smallest absolute Gasteiger partial charge is 0.253 e. The molecule has 1 aliphatic heterocycles. The number of ether oxygens (including phenoxy) is 1. The summed E-state index contributed by atoms with van der Waals surface area (Å²) in [4.78, 5) is 16.1. The third-order valence-electron chi connectivity index (χ3n) is 3.34. The molecule has 6 heteroatoms. The Balaban J connectivity index is 1.92. The number of nitrogens with zero attached hydrogens (tertiary/aromatic N) is 1. The summed E-state index contributed by atoms with van der Waals surface area (Å²) in [6.07, 6.45) is 1.44. The number of amides is 1. The zero-order chi connectivity index (χ0) is 15.1. The van der Waals surface area contributed by atoms with Gasteiger partial charge in [0.25, 0.3) is 5.91 Å². The van der Waals surface area contributed by atoms with Gasteiger partial charge in [0.15, 0.2) is 5.96 Å². The summed E-state index contributed by atoms with van der Waals surface area (Å²) in [7, 11) is 3.53. The monoisotopic (exact) mass is 290 g/mol. The Morgan fingerprint density at radius 1 is 1.48 bits per heavy atom. The van der Waals surface area contributed by atoms with E-state index >= 15 is 0 Å². The van der Waals surface area contributed by atoms with Gasteiger partial charge >= 0.3 is 0 Å². The predicted octanol–water partition coefficient (Wildman–Crippen LogP) is 1.10. The van der Waals surface area contributed by atoms with Crippen LogP contribution in [0, 0.1) is 0 Å². The lowest BCUT2D eigenvalue weighted by molar-refractivity contribution is -0.124. The van der Waals surface area contributed by atoms with Gasteiger partial charge in [-0.1, -0.05) is 12.1 Å². The SMILES string of the molecule is CN=C(NC)NCc1cccc(NC(=O)C2CCCO2)c1. The summed E-state index contributed by atoms with van der Waals surface area (Å²) in [5.74, 6) is 0.660. The van der Waals surface area contributed by atoms with Crippen LogP contribution in [0.1, 0.15) is 18.4 Å². The van der Waals surface area contributed by atoms with Gasteiger partial charge in [0, 0.05) is 32.9 Å². The van der Waals surface area contributed by atoms with E-state index in [-0.39, 0.29) is 12.0 Å². The first-order valence-corrected chi connectivity index (χ1v) is 7.12. The molecule has 0 bridgehead atoms. The molecule has 6 nitrogen and oxygen atoms in total. The second-order valence-corrected chi connectivity index (χ2v) is 4.87. The van der Waals surface area contributed by atoms with Crippen LogP contribution in [0.4, 0.5) is 5.69 Å². The molecule has 114 valence electrons. The summed E-state index contributed by atoms with van der Waals surface area (Å²) in [6, 6.07) is 7.74. The van der Waals surface area contributed by atoms with Gasteiger partial charge in [0.1, 0.15) is 6.10 Å². The molecule has 21 heavy (non-hydrogen) atoms. The van der Waals surface area contributed by atoms with Crippen molar-refractivity contribution in [1.82, 2.24) is 10.6 Å². The van der Waals surface area contributed by atoms with Gasteiger partial charge in [0.2, 0.25) is 0 Å². The van der Waals surface area contributed by atoms with Crippen molar-refractivity contribution in [3.8, 4) is 0 Å². The van der Waals surface area contributed by atoms with Gasteiger partial charge in [-0.3, -0.25) is 9.79 Å². The maximum absolute atomic E-state index is 12.0. The Kier molecular flexibility index (Phi) is 5.57. The highest BCUT2D eigenvalue weighted by atomic mass is 16.5. The number of benzene rings is 1. The first-order chi connectivity index (χ1) is 10.2. The van der Waals surface area contributed by atoms with Crippen LogP contribution in [0.25, 0.3) is 0 Å². The lowest BCUT2D eigenvalue weighted by atomic mass is 10.2. The van der Waals surface area contributed by atoms with Crippen LogP contribution in [-0.2, 0) is 16.1 Å². The minimum Gasteiger partial charge on any atom is -0.368 e. The Morgan fingerprint density at radius 2 is 2.33 bits per heavy atom. The van der Waals surface area contributed by atoms with Gasteiger partial charge < -0.3 is 20.7 Å². The van der Waals surface area contributed by atoms with Crippen molar-refractivity contribution in [1.29, 1.82) is 0 Å². The first-order valence-electron chi connectivity index (χ1n) is 7.12. The first kappa shape index (κ1) is 15.3. The number of nitrogens with one attached hydrogen (secondary N) is 3. The van der Waals surface area contributed by atoms with Crippen LogP contribution < -0.4 is 16.0 Å². The molecule has 0 spiro atoms. The summed E-state index contributed by atoms with van der Waals surface area (Å²) in [5.41, 5.74) is 1.85. The summed E-state index contributed by atoms with van der Waals surface area (Å²) < 4.78 is 5.38. The topological polar surface area (TPSA) is 74.8 Å². The molecule has 1 unspecified atom stereocenters. The fourth-order valence-corrected chi connectivity index (χ4v) is 2.23. The molecule has 0 saturated carbocycles. The highest BCUT2D eigenvalue weighted by Gasteiger charge is 2.23. The fourth-order valence-electron chi connectivity index (χ4n) is 2.23. The Bertz CT molecular complexity index is 510. The standard InChI is InChI=1S/C15H22N4O2/c1-16-15(17-2)18-10-11-5-3-6-12(9-11)19-14(20)13-7-4-8-21-13/h3,5-6,9,13H,4,7-8,10H2,1-2H3,(H,19,20)(H2,16,17,18). The minimum atomic E-state index is -0.310. The van der Waals surface area contributed by atoms with Crippen LogP contribution in [0.5, 0.6) is 0 Å². The maximum atomic E-state index is 12.0. The molecule has 0 aromatic heterocycles. The molecule has 0 aliphatic carbocycles. The highest BCUT2D eigenvalue weighted by Crippen LogP contribution is 2.16. The van der Waals surface area contributed by atoms with Crippen LogP contribution in [0.15, 0.2) is 29.3 Å². The second kappa shape index (κ2) is 7.64. The minimum absolute atomic E-state index is 0.0661. The molecule has 1 aromatic carbocycles. The molecule has 3 N–H and O–H groups in total. The zero-order valence-electron chi connectivity index (χ0n) is 12.5. The van der Waals surface area contributed by atoms with E-state index in [1.165, 1.54) is 0 Å². The normalized spacial score (nSPS) is 18.4. The molecule has 1 aromatic rings. The van der Waals surface area contributed by atoms with Crippen molar-refractivity contribution in [3.63, 3.8) is 0 Å². The Hall–Kier alpha value is -2.08. The van der Waals surface area contributed by atoms with Gasteiger partial charge in [-0.15, -0.1) is 0 Å². The second-order valence-electron chi connectivity index (χ2n) is 4.87. The molecular formula is C15H22N4O2. The van der Waals surface area contributed by atoms with Crippen molar-refractivity contribution in [2.75, 3.05) is 26.0 Å². The predicted molar refractivity (Wildman–Crippen MR) is 83.3 cm³/mol. The molecule has 1 fully saturated rings. The van der Waals surface area contributed by atoms with Crippen molar-refractivity contribution in [2.45, 2.75) is 25.5 Å². The van der Waals surface area contributed by atoms with Crippen LogP contribution in [-0.4, -0.2) is 38.7 Å². The average Bonchev–Trinajstić information content (AvgIpc) is 3.03. The van der Waals surface area contributed by atoms with Crippen molar-refractivity contribution >= 4 is 17.6 Å². The summed E-state index contributed by atoms with van der Waals surface area (Å²) >= 11 is 0. The zero-order valence-corrected chi connectivity index (χ0v) is 12.5. The van der Waals surface area contributed by atoms with Gasteiger partial charge in [-0.2, -0.15) is 0 Å². The summed E-state index contributed by atoms with van der Waals surface area (Å²) in [5, 5.41) is 9.03. The van der Waals surface area contributed by atoms with E-state index in [0.29, 0.717) is 13.2 Å². The van der Waals surface area contributed by atoms with Gasteiger partial charge in [-0.25, -0.2) is 0 Å². The van der Waals surface area contributed by atoms with Crippen molar-refractivity contribution in [2.24, 2.45) is 4.99 Å². The molecule has 1 saturated heterocycles. The van der Waals surface area contributed by atoms with Crippen molar-refractivity contribution < 1.29 is 9.53 Å². The van der Waals surface area contributed by atoms with E-state index in [4.69, 9.17) is 4.74 Å². The van der Waals surface area contributed by atoms with Crippen LogP contribution >= 0.6 is 0 Å². The van der Waals surface area contributed by atoms with E-state index in [9.17, 15) is 4.79 Å². The Labute approximate surface area is 125 Å². The highest BCUT2D eigenvalue weighted by molar-refractivity contribution is 5.94. The number of aliphatic imine (C=N–C) groups is 1. The lowest BCUT2D eigenvalue weighted by Crippen LogP contribution is -2.34. The largest absolute Gasteiger partial charge is 0.368 e. The number of hydrogen-bond donors (Lipinski definition) is 3. The van der Waals surface area contributed by atoms with Crippen LogP contribution in [0.3, 0.4) is 0 Å². The van der Waals surface area contributed by atoms with E-state index in [0.717, 1.165) is 30.1 Å². The Morgan fingerprint density at radius 3 is 3.00 bits per heavy atom. The number of carbonyl (C=O) groups excluding carboxylic acids is 1. The van der Waals surface area contributed by atoms with E-state index in [1.54, 1.807) is 7.05 Å². The number of rotatable bonds is 4. The van der Waals surface area contributed by atoms with Gasteiger partial charge in [0.05, 0.1) is 0 Å². The van der Waals surface area contributed by atoms with Crippen molar-refractivity contribution in [3.05, 3.63) is 29.8 Å². The van der Waals surface area contributed by atoms with E-state index in [2.05, 4.69) is 20.9 Å². The maximum Gasteiger partial charge on any atom is 0.253 e.